The molecule has 1 nitrogen and oxygen atoms in total. The molecule has 0 aliphatic heterocycles. The van der Waals surface area contributed by atoms with E-state index in [1.807, 2.05) is 0 Å². The summed E-state index contributed by atoms with van der Waals surface area (Å²) in [7, 11) is 0. The molecule has 13 heavy (non-hydrogen) atoms. The molecular formula is C9H6F3O. The summed E-state index contributed by atoms with van der Waals surface area (Å²) in [6, 6.07) is 4.65. The number of rotatable bonds is 2. The van der Waals surface area contributed by atoms with Gasteiger partial charge in [-0.05, 0) is 11.6 Å². The van der Waals surface area contributed by atoms with Crippen molar-refractivity contribution in [3.63, 3.8) is 0 Å². The topological polar surface area (TPSA) is 17.1 Å². The molecule has 0 aliphatic rings. The second kappa shape index (κ2) is 3.60. The number of benzene rings is 1. The fourth-order valence-corrected chi connectivity index (χ4v) is 0.941. The van der Waals surface area contributed by atoms with E-state index in [0.29, 0.717) is 5.56 Å². The van der Waals surface area contributed by atoms with Crippen molar-refractivity contribution in [3.8, 4) is 0 Å². The van der Waals surface area contributed by atoms with Gasteiger partial charge in [0.25, 0.3) is 0 Å². The van der Waals surface area contributed by atoms with Crippen molar-refractivity contribution < 1.29 is 18.0 Å². The SMILES string of the molecule is O=[C]Cc1cccc(C(F)(F)F)c1. The van der Waals surface area contributed by atoms with E-state index in [1.54, 1.807) is 6.29 Å². The summed E-state index contributed by atoms with van der Waals surface area (Å²) < 4.78 is 36.3. The molecule has 1 aromatic rings. The van der Waals surface area contributed by atoms with Crippen LogP contribution in [0.3, 0.4) is 0 Å². The normalized spacial score (nSPS) is 11.3. The molecule has 0 spiro atoms. The van der Waals surface area contributed by atoms with Crippen LogP contribution in [0, 0.1) is 0 Å². The van der Waals surface area contributed by atoms with Crippen molar-refractivity contribution in [1.82, 2.24) is 0 Å². The number of hydrogen-bond donors (Lipinski definition) is 0. The Bertz CT molecular complexity index is 304. The van der Waals surface area contributed by atoms with Crippen molar-refractivity contribution >= 4 is 6.29 Å². The molecule has 1 rings (SSSR count). The van der Waals surface area contributed by atoms with Crippen LogP contribution in [0.25, 0.3) is 0 Å². The molecule has 69 valence electrons. The number of hydrogen-bond acceptors (Lipinski definition) is 1. The molecule has 0 aliphatic carbocycles. The van der Waals surface area contributed by atoms with Crippen LogP contribution < -0.4 is 0 Å². The van der Waals surface area contributed by atoms with Crippen LogP contribution in [0.1, 0.15) is 11.1 Å². The van der Waals surface area contributed by atoms with Crippen molar-refractivity contribution in [2.45, 2.75) is 12.6 Å². The molecule has 0 N–H and O–H groups in total. The van der Waals surface area contributed by atoms with Gasteiger partial charge in [-0.1, -0.05) is 18.2 Å². The van der Waals surface area contributed by atoms with Crippen LogP contribution in [0.15, 0.2) is 24.3 Å². The molecule has 0 atom stereocenters. The quantitative estimate of drug-likeness (QED) is 0.694. The van der Waals surface area contributed by atoms with E-state index in [2.05, 4.69) is 0 Å². The molecule has 0 unspecified atom stereocenters. The van der Waals surface area contributed by atoms with E-state index in [-0.39, 0.29) is 6.42 Å². The van der Waals surface area contributed by atoms with Crippen molar-refractivity contribution in [2.75, 3.05) is 0 Å². The Morgan fingerprint density at radius 1 is 1.31 bits per heavy atom. The smallest absolute Gasteiger partial charge is 0.291 e. The van der Waals surface area contributed by atoms with Gasteiger partial charge in [-0.15, -0.1) is 0 Å². The first-order valence-corrected chi connectivity index (χ1v) is 3.55. The molecule has 0 amide bonds. The molecule has 0 saturated heterocycles. The lowest BCUT2D eigenvalue weighted by atomic mass is 10.1. The molecule has 4 heteroatoms. The van der Waals surface area contributed by atoms with Crippen LogP contribution in [-0.4, -0.2) is 6.29 Å². The Morgan fingerprint density at radius 2 is 2.00 bits per heavy atom. The Balaban J connectivity index is 2.98. The fourth-order valence-electron chi connectivity index (χ4n) is 0.941. The zero-order valence-electron chi connectivity index (χ0n) is 6.56. The third kappa shape index (κ3) is 2.57. The summed E-state index contributed by atoms with van der Waals surface area (Å²) in [5, 5.41) is 0. The van der Waals surface area contributed by atoms with Gasteiger partial charge in [0.1, 0.15) is 0 Å². The van der Waals surface area contributed by atoms with Crippen LogP contribution in [0.2, 0.25) is 0 Å². The van der Waals surface area contributed by atoms with Crippen LogP contribution in [0.5, 0.6) is 0 Å². The summed E-state index contributed by atoms with van der Waals surface area (Å²) in [4.78, 5) is 9.93. The molecule has 1 aromatic carbocycles. The summed E-state index contributed by atoms with van der Waals surface area (Å²) in [6.45, 7) is 0. The standard InChI is InChI=1S/C9H6F3O/c10-9(11,12)8-3-1-2-7(6-8)4-5-13/h1-3,6H,4H2. The summed E-state index contributed by atoms with van der Waals surface area (Å²) in [5.41, 5.74) is -0.412. The average Bonchev–Trinajstić information content (AvgIpc) is 2.04. The number of alkyl halides is 3. The zero-order valence-corrected chi connectivity index (χ0v) is 6.56. The van der Waals surface area contributed by atoms with Gasteiger partial charge >= 0.3 is 6.18 Å². The third-order valence-electron chi connectivity index (χ3n) is 1.53. The van der Waals surface area contributed by atoms with Gasteiger partial charge in [0.15, 0.2) is 0 Å². The first-order valence-electron chi connectivity index (χ1n) is 3.55. The lowest BCUT2D eigenvalue weighted by Crippen LogP contribution is -2.05. The highest BCUT2D eigenvalue weighted by Crippen LogP contribution is 2.29. The van der Waals surface area contributed by atoms with E-state index in [4.69, 9.17) is 0 Å². The van der Waals surface area contributed by atoms with Gasteiger partial charge < -0.3 is 0 Å². The van der Waals surface area contributed by atoms with Gasteiger partial charge in [0.05, 0.1) is 5.56 Å². The molecule has 0 bridgehead atoms. The zero-order chi connectivity index (χ0) is 9.90. The minimum Gasteiger partial charge on any atom is -0.291 e. The lowest BCUT2D eigenvalue weighted by molar-refractivity contribution is -0.137. The highest BCUT2D eigenvalue weighted by molar-refractivity contribution is 5.56. The maximum Gasteiger partial charge on any atom is 0.416 e. The third-order valence-corrected chi connectivity index (χ3v) is 1.53. The molecule has 0 aromatic heterocycles. The van der Waals surface area contributed by atoms with Gasteiger partial charge in [-0.3, -0.25) is 4.79 Å². The highest BCUT2D eigenvalue weighted by atomic mass is 19.4. The summed E-state index contributed by atoms with van der Waals surface area (Å²) in [6.07, 6.45) is -2.91. The maximum atomic E-state index is 12.1. The first-order chi connectivity index (χ1) is 6.04. The van der Waals surface area contributed by atoms with Gasteiger partial charge in [0.2, 0.25) is 6.29 Å². The maximum absolute atomic E-state index is 12.1. The predicted octanol–water partition coefficient (Wildman–Crippen LogP) is 2.36. The summed E-state index contributed by atoms with van der Waals surface area (Å²) >= 11 is 0. The average molecular weight is 187 g/mol. The number of carbonyl (C=O) groups excluding carboxylic acids is 1. The molecule has 0 heterocycles. The van der Waals surface area contributed by atoms with Gasteiger partial charge in [-0.25, -0.2) is 0 Å². The minimum absolute atomic E-state index is 0.107. The second-order valence-electron chi connectivity index (χ2n) is 2.52. The largest absolute Gasteiger partial charge is 0.416 e. The Labute approximate surface area is 73.2 Å². The van der Waals surface area contributed by atoms with Crippen molar-refractivity contribution in [3.05, 3.63) is 35.4 Å². The minimum atomic E-state index is -4.35. The van der Waals surface area contributed by atoms with Crippen molar-refractivity contribution in [2.24, 2.45) is 0 Å². The van der Waals surface area contributed by atoms with E-state index >= 15 is 0 Å². The second-order valence-corrected chi connectivity index (χ2v) is 2.52. The van der Waals surface area contributed by atoms with E-state index in [9.17, 15) is 18.0 Å². The van der Waals surface area contributed by atoms with E-state index in [1.165, 1.54) is 12.1 Å². The first kappa shape index (κ1) is 9.77. The molecule has 0 saturated carbocycles. The Morgan fingerprint density at radius 3 is 2.54 bits per heavy atom. The van der Waals surface area contributed by atoms with Gasteiger partial charge in [-0.2, -0.15) is 13.2 Å². The predicted molar refractivity (Wildman–Crippen MR) is 40.8 cm³/mol. The van der Waals surface area contributed by atoms with Crippen molar-refractivity contribution in [1.29, 1.82) is 0 Å². The van der Waals surface area contributed by atoms with Gasteiger partial charge in [0, 0.05) is 6.42 Å². The Kier molecular flexibility index (Phi) is 2.70. The van der Waals surface area contributed by atoms with Crippen LogP contribution >= 0.6 is 0 Å². The monoisotopic (exact) mass is 187 g/mol. The summed E-state index contributed by atoms with van der Waals surface area (Å²) in [5.74, 6) is 0. The fraction of sp³-hybridized carbons (Fsp3) is 0.222. The number of halogens is 3. The van der Waals surface area contributed by atoms with E-state index < -0.39 is 11.7 Å². The van der Waals surface area contributed by atoms with Crippen LogP contribution in [-0.2, 0) is 17.4 Å². The lowest BCUT2D eigenvalue weighted by Gasteiger charge is -2.06. The molecular weight excluding hydrogens is 181 g/mol. The molecule has 0 fully saturated rings. The highest BCUT2D eigenvalue weighted by Gasteiger charge is 2.30. The Hall–Kier alpha value is -1.32. The van der Waals surface area contributed by atoms with Crippen LogP contribution in [0.4, 0.5) is 13.2 Å². The molecule has 1 radical (unpaired) electrons. The van der Waals surface area contributed by atoms with E-state index in [0.717, 1.165) is 12.1 Å².